The smallest absolute Gasteiger partial charge is 0.407 e. The second kappa shape index (κ2) is 8.67. The van der Waals surface area contributed by atoms with Crippen LogP contribution in [0.1, 0.15) is 21.0 Å². The van der Waals surface area contributed by atoms with Crippen molar-refractivity contribution in [2.45, 2.75) is 13.2 Å². The number of ether oxygens (including phenoxy) is 1. The molecule has 124 valence electrons. The number of carbonyl (C=O) groups is 1. The van der Waals surface area contributed by atoms with Crippen LogP contribution < -0.4 is 5.32 Å². The molecule has 0 atom stereocenters. The van der Waals surface area contributed by atoms with Crippen LogP contribution in [0.15, 0.2) is 66.9 Å². The number of hydrogen-bond donors (Lipinski definition) is 1. The van der Waals surface area contributed by atoms with Gasteiger partial charge in [-0.1, -0.05) is 36.1 Å². The first-order chi connectivity index (χ1) is 12.3. The number of rotatable bonds is 4. The maximum atomic E-state index is 11.7. The summed E-state index contributed by atoms with van der Waals surface area (Å²) in [5, 5.41) is 2.68. The molecule has 0 bridgehead atoms. The summed E-state index contributed by atoms with van der Waals surface area (Å²) < 4.78 is 5.21. The van der Waals surface area contributed by atoms with Crippen molar-refractivity contribution in [2.24, 2.45) is 0 Å². The second-order valence-electron chi connectivity index (χ2n) is 5.13. The van der Waals surface area contributed by atoms with Gasteiger partial charge in [-0.25, -0.2) is 4.79 Å². The average molecular weight is 348 g/mol. The fourth-order valence-corrected chi connectivity index (χ4v) is 2.81. The predicted octanol–water partition coefficient (Wildman–Crippen LogP) is 3.97. The van der Waals surface area contributed by atoms with Crippen molar-refractivity contribution >= 4 is 17.4 Å². The van der Waals surface area contributed by atoms with Crippen molar-refractivity contribution in [2.75, 3.05) is 0 Å². The van der Waals surface area contributed by atoms with Crippen LogP contribution in [0, 0.1) is 11.8 Å². The van der Waals surface area contributed by atoms with Crippen molar-refractivity contribution in [1.29, 1.82) is 0 Å². The molecule has 0 aliphatic rings. The molecular weight excluding hydrogens is 332 g/mol. The van der Waals surface area contributed by atoms with E-state index in [9.17, 15) is 4.79 Å². The van der Waals surface area contributed by atoms with Gasteiger partial charge in [0.15, 0.2) is 0 Å². The lowest BCUT2D eigenvalue weighted by Crippen LogP contribution is -2.23. The topological polar surface area (TPSA) is 51.2 Å². The monoisotopic (exact) mass is 348 g/mol. The van der Waals surface area contributed by atoms with E-state index in [1.54, 1.807) is 6.20 Å². The Morgan fingerprint density at radius 1 is 1.04 bits per heavy atom. The van der Waals surface area contributed by atoms with E-state index < -0.39 is 6.09 Å². The Balaban J connectivity index is 1.47. The SMILES string of the molecule is O=C(NCc1ccccn1)OCc1ccc(C#Cc2ccccc2)s1. The van der Waals surface area contributed by atoms with Gasteiger partial charge in [0.1, 0.15) is 6.61 Å². The highest BCUT2D eigenvalue weighted by atomic mass is 32.1. The van der Waals surface area contributed by atoms with Gasteiger partial charge in [-0.3, -0.25) is 4.98 Å². The van der Waals surface area contributed by atoms with Gasteiger partial charge in [0.2, 0.25) is 0 Å². The quantitative estimate of drug-likeness (QED) is 0.726. The van der Waals surface area contributed by atoms with Crippen LogP contribution in [0.25, 0.3) is 0 Å². The molecule has 5 heteroatoms. The van der Waals surface area contributed by atoms with Crippen LogP contribution in [-0.4, -0.2) is 11.1 Å². The van der Waals surface area contributed by atoms with Crippen LogP contribution in [0.2, 0.25) is 0 Å². The molecule has 3 rings (SSSR count). The van der Waals surface area contributed by atoms with Gasteiger partial charge in [-0.05, 0) is 36.4 Å². The Kier molecular flexibility index (Phi) is 5.81. The summed E-state index contributed by atoms with van der Waals surface area (Å²) >= 11 is 1.52. The fourth-order valence-electron chi connectivity index (χ4n) is 2.03. The fraction of sp³-hybridized carbons (Fsp3) is 0.100. The van der Waals surface area contributed by atoms with Gasteiger partial charge in [0, 0.05) is 16.6 Å². The van der Waals surface area contributed by atoms with E-state index in [1.807, 2.05) is 60.7 Å². The van der Waals surface area contributed by atoms with E-state index in [4.69, 9.17) is 4.74 Å². The first-order valence-corrected chi connectivity index (χ1v) is 8.57. The zero-order valence-electron chi connectivity index (χ0n) is 13.4. The molecule has 0 saturated carbocycles. The van der Waals surface area contributed by atoms with Crippen LogP contribution in [0.5, 0.6) is 0 Å². The number of aromatic nitrogens is 1. The minimum atomic E-state index is -0.462. The van der Waals surface area contributed by atoms with E-state index >= 15 is 0 Å². The molecule has 0 unspecified atom stereocenters. The highest BCUT2D eigenvalue weighted by Gasteiger charge is 2.05. The van der Waals surface area contributed by atoms with Crippen LogP contribution >= 0.6 is 11.3 Å². The molecule has 1 aromatic carbocycles. The van der Waals surface area contributed by atoms with E-state index in [0.717, 1.165) is 21.0 Å². The van der Waals surface area contributed by atoms with Gasteiger partial charge < -0.3 is 10.1 Å². The van der Waals surface area contributed by atoms with Crippen LogP contribution in [0.3, 0.4) is 0 Å². The minimum Gasteiger partial charge on any atom is -0.444 e. The molecule has 1 N–H and O–H groups in total. The molecule has 0 radical (unpaired) electrons. The maximum Gasteiger partial charge on any atom is 0.407 e. The second-order valence-corrected chi connectivity index (χ2v) is 6.30. The third-order valence-electron chi connectivity index (χ3n) is 3.25. The summed E-state index contributed by atoms with van der Waals surface area (Å²) in [6.07, 6.45) is 1.22. The Morgan fingerprint density at radius 2 is 1.88 bits per heavy atom. The van der Waals surface area contributed by atoms with Crippen molar-refractivity contribution in [3.63, 3.8) is 0 Å². The maximum absolute atomic E-state index is 11.7. The highest BCUT2D eigenvalue weighted by Crippen LogP contribution is 2.16. The molecule has 0 fully saturated rings. The third-order valence-corrected chi connectivity index (χ3v) is 4.23. The summed E-state index contributed by atoms with van der Waals surface area (Å²) in [4.78, 5) is 17.7. The Morgan fingerprint density at radius 3 is 2.68 bits per heavy atom. The Hall–Kier alpha value is -3.10. The van der Waals surface area contributed by atoms with E-state index in [0.29, 0.717) is 6.54 Å². The molecular formula is C20H16N2O2S. The van der Waals surface area contributed by atoms with Gasteiger partial charge in [0.25, 0.3) is 0 Å². The number of benzene rings is 1. The number of nitrogens with zero attached hydrogens (tertiary/aromatic N) is 1. The number of carbonyl (C=O) groups excluding carboxylic acids is 1. The normalized spacial score (nSPS) is 9.76. The summed E-state index contributed by atoms with van der Waals surface area (Å²) in [6, 6.07) is 19.2. The lowest BCUT2D eigenvalue weighted by Gasteiger charge is -2.05. The average Bonchev–Trinajstić information content (AvgIpc) is 3.13. The van der Waals surface area contributed by atoms with E-state index in [2.05, 4.69) is 22.1 Å². The molecule has 4 nitrogen and oxygen atoms in total. The largest absolute Gasteiger partial charge is 0.444 e. The summed E-state index contributed by atoms with van der Waals surface area (Å²) in [6.45, 7) is 0.573. The molecule has 0 spiro atoms. The molecule has 2 aromatic heterocycles. The van der Waals surface area contributed by atoms with Crippen molar-refractivity contribution < 1.29 is 9.53 Å². The lowest BCUT2D eigenvalue weighted by molar-refractivity contribution is 0.140. The van der Waals surface area contributed by atoms with Crippen molar-refractivity contribution in [3.05, 3.63) is 87.9 Å². The Bertz CT molecular complexity index is 880. The summed E-state index contributed by atoms with van der Waals surface area (Å²) in [7, 11) is 0. The molecule has 0 aliphatic heterocycles. The lowest BCUT2D eigenvalue weighted by atomic mass is 10.2. The first-order valence-electron chi connectivity index (χ1n) is 7.76. The number of pyridine rings is 1. The molecule has 0 saturated heterocycles. The highest BCUT2D eigenvalue weighted by molar-refractivity contribution is 7.12. The molecule has 1 amide bonds. The predicted molar refractivity (Wildman–Crippen MR) is 98.0 cm³/mol. The molecule has 0 aliphatic carbocycles. The van der Waals surface area contributed by atoms with E-state index in [1.165, 1.54) is 11.3 Å². The molecule has 3 aromatic rings. The van der Waals surface area contributed by atoms with Gasteiger partial charge in [-0.2, -0.15) is 0 Å². The number of thiophene rings is 1. The van der Waals surface area contributed by atoms with Crippen LogP contribution in [-0.2, 0) is 17.9 Å². The van der Waals surface area contributed by atoms with Gasteiger partial charge >= 0.3 is 6.09 Å². The molecule has 2 heterocycles. The summed E-state index contributed by atoms with van der Waals surface area (Å²) in [5.41, 5.74) is 1.76. The standard InChI is InChI=1S/C20H16N2O2S/c23-20(22-14-17-8-4-5-13-21-17)24-15-19-12-11-18(25-19)10-9-16-6-2-1-3-7-16/h1-8,11-13H,14-15H2,(H,22,23). The van der Waals surface area contributed by atoms with Crippen LogP contribution in [0.4, 0.5) is 4.79 Å². The minimum absolute atomic E-state index is 0.228. The Labute approximate surface area is 150 Å². The first kappa shape index (κ1) is 16.7. The van der Waals surface area contributed by atoms with Crippen molar-refractivity contribution in [3.8, 4) is 11.8 Å². The number of hydrogen-bond acceptors (Lipinski definition) is 4. The zero-order valence-corrected chi connectivity index (χ0v) is 14.3. The number of amides is 1. The van der Waals surface area contributed by atoms with Gasteiger partial charge in [-0.15, -0.1) is 11.3 Å². The number of alkyl carbamates (subject to hydrolysis) is 1. The van der Waals surface area contributed by atoms with E-state index in [-0.39, 0.29) is 6.61 Å². The zero-order chi connectivity index (χ0) is 17.3. The van der Waals surface area contributed by atoms with Crippen molar-refractivity contribution in [1.82, 2.24) is 10.3 Å². The summed E-state index contributed by atoms with van der Waals surface area (Å²) in [5.74, 6) is 6.23. The van der Waals surface area contributed by atoms with Gasteiger partial charge in [0.05, 0.1) is 17.1 Å². The third kappa shape index (κ3) is 5.48. The molecule has 25 heavy (non-hydrogen) atoms. The number of nitrogens with one attached hydrogen (secondary N) is 1.